The zero-order valence-corrected chi connectivity index (χ0v) is 8.22. The third-order valence-corrected chi connectivity index (χ3v) is 1.27. The molecule has 0 aliphatic rings. The molecule has 0 bridgehead atoms. The summed E-state index contributed by atoms with van der Waals surface area (Å²) in [6.07, 6.45) is -1.24. The second kappa shape index (κ2) is 7.74. The molecular formula is C2H3F2N4O5S2+. The normalized spacial score (nSPS) is 8.93. The second-order valence-corrected chi connectivity index (χ2v) is 2.79. The number of nitrogens with zero attached hydrogens (tertiary/aromatic N) is 2. The Morgan fingerprint density at radius 1 is 1.33 bits per heavy atom. The summed E-state index contributed by atoms with van der Waals surface area (Å²) < 4.78 is 59.9. The number of aromatic nitrogens is 3. The van der Waals surface area contributed by atoms with E-state index >= 15 is 0 Å². The van der Waals surface area contributed by atoms with Gasteiger partial charge in [0.25, 0.3) is 0 Å². The second-order valence-electron chi connectivity index (χ2n) is 1.41. The molecule has 0 radical (unpaired) electrons. The first kappa shape index (κ1) is 15.8. The van der Waals surface area contributed by atoms with Crippen LogP contribution in [0.2, 0.25) is 0 Å². The first-order chi connectivity index (χ1) is 6.91. The fourth-order valence-corrected chi connectivity index (χ4v) is 0.681. The molecule has 1 rings (SSSR count). The van der Waals surface area contributed by atoms with Gasteiger partial charge in [-0.25, -0.2) is 5.10 Å². The van der Waals surface area contributed by atoms with Crippen molar-refractivity contribution >= 4 is 21.8 Å². The maximum Gasteiger partial charge on any atom is 0.370 e. The molecule has 0 fully saturated rings. The number of hydrogen-bond donors (Lipinski definition) is 2. The summed E-state index contributed by atoms with van der Waals surface area (Å²) in [6.45, 7) is 0. The standard InChI is InChI=1S/C2HF2N3O2S.H2NO.O2S/c3-1-5-2(7-6-1)10(4,8)9;1-2;1-3-2/h(H,5,6,7);1H2;/q;+1;. The molecule has 0 amide bonds. The lowest BCUT2D eigenvalue weighted by Crippen LogP contribution is -2.18. The van der Waals surface area contributed by atoms with Gasteiger partial charge in [-0.15, -0.1) is 5.10 Å². The average molecular weight is 265 g/mol. The third-order valence-electron chi connectivity index (χ3n) is 0.656. The van der Waals surface area contributed by atoms with Crippen LogP contribution in [0.25, 0.3) is 0 Å². The molecule has 3 N–H and O–H groups in total. The minimum Gasteiger partial charge on any atom is -0.234 e. The van der Waals surface area contributed by atoms with Crippen molar-refractivity contribution in [2.75, 3.05) is 0 Å². The SMILES string of the molecule is O=S(=O)(F)c1n[nH]c(F)n1.O=S=O.[NH2+]=O. The molecule has 86 valence electrons. The minimum atomic E-state index is -4.98. The Bertz CT molecular complexity index is 424. The quantitative estimate of drug-likeness (QED) is 0.529. The molecule has 1 aromatic rings. The van der Waals surface area contributed by atoms with E-state index in [9.17, 15) is 16.7 Å². The van der Waals surface area contributed by atoms with Crippen molar-refractivity contribution in [1.82, 2.24) is 15.2 Å². The van der Waals surface area contributed by atoms with Crippen LogP contribution in [0.1, 0.15) is 0 Å². The van der Waals surface area contributed by atoms with Gasteiger partial charge in [0.05, 0.1) is 0 Å². The Morgan fingerprint density at radius 2 is 1.73 bits per heavy atom. The molecule has 0 aromatic carbocycles. The zero-order valence-electron chi connectivity index (χ0n) is 6.59. The Labute approximate surface area is 84.5 Å². The van der Waals surface area contributed by atoms with E-state index in [1.807, 2.05) is 0 Å². The van der Waals surface area contributed by atoms with Gasteiger partial charge in [0.2, 0.25) is 0 Å². The van der Waals surface area contributed by atoms with Gasteiger partial charge in [0, 0.05) is 4.91 Å². The average Bonchev–Trinajstić information content (AvgIpc) is 2.56. The van der Waals surface area contributed by atoms with Crippen LogP contribution in [0.4, 0.5) is 8.28 Å². The predicted molar refractivity (Wildman–Crippen MR) is 38.8 cm³/mol. The summed E-state index contributed by atoms with van der Waals surface area (Å²) in [5, 5.41) is 3.05. The van der Waals surface area contributed by atoms with Gasteiger partial charge in [-0.2, -0.15) is 26.2 Å². The summed E-state index contributed by atoms with van der Waals surface area (Å²) in [7, 11) is -4.98. The van der Waals surface area contributed by atoms with Gasteiger partial charge in [0.1, 0.15) is 0 Å². The van der Waals surface area contributed by atoms with Crippen molar-refractivity contribution < 1.29 is 30.7 Å². The van der Waals surface area contributed by atoms with E-state index in [0.717, 1.165) is 0 Å². The van der Waals surface area contributed by atoms with Gasteiger partial charge < -0.3 is 0 Å². The summed E-state index contributed by atoms with van der Waals surface area (Å²) in [5.74, 6) is 0. The smallest absolute Gasteiger partial charge is 0.234 e. The fraction of sp³-hybridized carbons (Fsp3) is 0. The molecule has 1 aromatic heterocycles. The molecule has 15 heavy (non-hydrogen) atoms. The van der Waals surface area contributed by atoms with Crippen molar-refractivity contribution in [2.24, 2.45) is 0 Å². The summed E-state index contributed by atoms with van der Waals surface area (Å²) in [6, 6.07) is 0. The number of nitrogens with one attached hydrogen (secondary N) is 1. The number of nitroso groups, excluding NO2 is 1. The lowest BCUT2D eigenvalue weighted by atomic mass is 11.2. The van der Waals surface area contributed by atoms with Gasteiger partial charge >= 0.3 is 33.0 Å². The monoisotopic (exact) mass is 265 g/mol. The third kappa shape index (κ3) is 7.44. The van der Waals surface area contributed by atoms with E-state index in [1.54, 1.807) is 0 Å². The molecule has 0 aliphatic heterocycles. The van der Waals surface area contributed by atoms with Gasteiger partial charge in [-0.05, 0) is 5.59 Å². The Hall–Kier alpha value is -1.63. The maximum absolute atomic E-state index is 11.8. The highest BCUT2D eigenvalue weighted by Crippen LogP contribution is 2.03. The number of hydrogen-bond acceptors (Lipinski definition) is 7. The largest absolute Gasteiger partial charge is 0.370 e. The topological polar surface area (TPSA) is 153 Å². The first-order valence-electron chi connectivity index (χ1n) is 2.59. The van der Waals surface area contributed by atoms with Crippen LogP contribution in [0.15, 0.2) is 5.16 Å². The number of nitrogens with two attached hydrogens (primary N) is 1. The van der Waals surface area contributed by atoms with Gasteiger partial charge in [0.15, 0.2) is 0 Å². The van der Waals surface area contributed by atoms with Crippen molar-refractivity contribution in [2.45, 2.75) is 5.16 Å². The Morgan fingerprint density at radius 3 is 1.87 bits per heavy atom. The Balaban J connectivity index is 0. The van der Waals surface area contributed by atoms with Crippen LogP contribution < -0.4 is 5.59 Å². The van der Waals surface area contributed by atoms with Crippen molar-refractivity contribution in [1.29, 1.82) is 0 Å². The lowest BCUT2D eigenvalue weighted by Gasteiger charge is -1.78. The number of rotatable bonds is 1. The molecule has 0 spiro atoms. The van der Waals surface area contributed by atoms with Gasteiger partial charge in [-0.3, -0.25) is 0 Å². The van der Waals surface area contributed by atoms with Crippen molar-refractivity contribution in [3.05, 3.63) is 11.0 Å². The van der Waals surface area contributed by atoms with E-state index in [1.165, 1.54) is 5.10 Å². The van der Waals surface area contributed by atoms with Crippen LogP contribution in [0.5, 0.6) is 0 Å². The highest BCUT2D eigenvalue weighted by atomic mass is 32.3. The minimum absolute atomic E-state index is 0.750. The molecule has 1 heterocycles. The predicted octanol–water partition coefficient (Wildman–Crippen LogP) is -2.56. The van der Waals surface area contributed by atoms with E-state index in [4.69, 9.17) is 13.3 Å². The molecule has 0 saturated heterocycles. The fourth-order valence-electron chi connectivity index (χ4n) is 0.337. The summed E-state index contributed by atoms with van der Waals surface area (Å²) in [4.78, 5) is 10.3. The first-order valence-corrected chi connectivity index (χ1v) is 4.64. The molecule has 0 saturated carbocycles. The van der Waals surface area contributed by atoms with E-state index in [0.29, 0.717) is 0 Å². The van der Waals surface area contributed by atoms with Gasteiger partial charge in [-0.1, -0.05) is 3.89 Å². The van der Waals surface area contributed by atoms with Crippen LogP contribution in [0, 0.1) is 11.0 Å². The van der Waals surface area contributed by atoms with Crippen LogP contribution >= 0.6 is 0 Å². The molecule has 0 unspecified atom stereocenters. The molecular weight excluding hydrogens is 262 g/mol. The highest BCUT2D eigenvalue weighted by Gasteiger charge is 2.18. The molecule has 0 atom stereocenters. The van der Waals surface area contributed by atoms with Crippen LogP contribution in [-0.2, 0) is 21.8 Å². The number of halogens is 2. The van der Waals surface area contributed by atoms with E-state index in [-0.39, 0.29) is 0 Å². The summed E-state index contributed by atoms with van der Waals surface area (Å²) >= 11 is -0.750. The lowest BCUT2D eigenvalue weighted by molar-refractivity contribution is -0.142. The molecule has 0 aliphatic carbocycles. The highest BCUT2D eigenvalue weighted by molar-refractivity contribution is 7.86. The molecule has 13 heteroatoms. The Kier molecular flexibility index (Phi) is 8.17. The van der Waals surface area contributed by atoms with Crippen LogP contribution in [0.3, 0.4) is 0 Å². The summed E-state index contributed by atoms with van der Waals surface area (Å²) in [5.41, 5.74) is 3.25. The van der Waals surface area contributed by atoms with Crippen molar-refractivity contribution in [3.63, 3.8) is 0 Å². The molecule has 9 nitrogen and oxygen atoms in total. The van der Waals surface area contributed by atoms with Crippen LogP contribution in [-0.4, -0.2) is 32.0 Å². The number of aromatic amines is 1. The maximum atomic E-state index is 11.8. The van der Waals surface area contributed by atoms with E-state index < -0.39 is 33.0 Å². The van der Waals surface area contributed by atoms with E-state index in [2.05, 4.69) is 15.7 Å². The number of H-pyrrole nitrogens is 1. The zero-order chi connectivity index (χ0) is 12.5. The van der Waals surface area contributed by atoms with Crippen molar-refractivity contribution in [3.8, 4) is 0 Å².